The van der Waals surface area contributed by atoms with Crippen LogP contribution in [0.1, 0.15) is 44.2 Å². The van der Waals surface area contributed by atoms with Crippen molar-refractivity contribution in [2.24, 2.45) is 5.92 Å². The molecule has 0 unspecified atom stereocenters. The van der Waals surface area contributed by atoms with Gasteiger partial charge in [-0.25, -0.2) is 4.79 Å². The summed E-state index contributed by atoms with van der Waals surface area (Å²) in [6.07, 6.45) is 3.08. The topological polar surface area (TPSA) is 69.7 Å². The van der Waals surface area contributed by atoms with Gasteiger partial charge in [0.05, 0.1) is 11.7 Å². The van der Waals surface area contributed by atoms with Gasteiger partial charge in [-0.15, -0.1) is 11.8 Å². The van der Waals surface area contributed by atoms with E-state index in [2.05, 4.69) is 12.2 Å². The van der Waals surface area contributed by atoms with Gasteiger partial charge in [-0.05, 0) is 49.3 Å². The van der Waals surface area contributed by atoms with E-state index in [1.807, 2.05) is 54.6 Å². The first kappa shape index (κ1) is 21.1. The smallest absolute Gasteiger partial charge is 0.323 e. The molecule has 1 spiro atoms. The molecule has 6 nitrogen and oxygen atoms in total. The van der Waals surface area contributed by atoms with Gasteiger partial charge in [-0.1, -0.05) is 49.4 Å². The van der Waals surface area contributed by atoms with E-state index in [9.17, 15) is 14.4 Å². The van der Waals surface area contributed by atoms with E-state index in [0.29, 0.717) is 24.5 Å². The van der Waals surface area contributed by atoms with Crippen molar-refractivity contribution in [1.29, 1.82) is 0 Å². The van der Waals surface area contributed by atoms with Crippen molar-refractivity contribution in [1.82, 2.24) is 10.2 Å². The number of benzene rings is 2. The number of urea groups is 1. The van der Waals surface area contributed by atoms with Crippen LogP contribution >= 0.6 is 11.8 Å². The highest BCUT2D eigenvalue weighted by atomic mass is 32.2. The lowest BCUT2D eigenvalue weighted by Crippen LogP contribution is -2.50. The van der Waals surface area contributed by atoms with Crippen molar-refractivity contribution in [3.05, 3.63) is 60.2 Å². The number of rotatable bonds is 3. The zero-order valence-corrected chi connectivity index (χ0v) is 18.9. The first-order valence-electron chi connectivity index (χ1n) is 11.2. The highest BCUT2D eigenvalue weighted by Gasteiger charge is 2.52. The summed E-state index contributed by atoms with van der Waals surface area (Å²) in [4.78, 5) is 43.6. The molecule has 0 radical (unpaired) electrons. The summed E-state index contributed by atoms with van der Waals surface area (Å²) in [6.45, 7) is 1.93. The largest absolute Gasteiger partial charge is 0.325 e. The minimum Gasteiger partial charge on any atom is -0.323 e. The van der Waals surface area contributed by atoms with Crippen LogP contribution in [-0.4, -0.2) is 40.6 Å². The molecule has 166 valence electrons. The van der Waals surface area contributed by atoms with Gasteiger partial charge in [0.2, 0.25) is 5.91 Å². The molecule has 1 saturated heterocycles. The average Bonchev–Trinajstić information content (AvgIpc) is 3.05. The van der Waals surface area contributed by atoms with Gasteiger partial charge in [-0.2, -0.15) is 0 Å². The summed E-state index contributed by atoms with van der Waals surface area (Å²) in [5.41, 5.74) is 1.03. The molecule has 4 amide bonds. The van der Waals surface area contributed by atoms with Crippen LogP contribution in [0.5, 0.6) is 0 Å². The molecular weight excluding hydrogens is 422 g/mol. The number of hydrogen-bond donors (Lipinski definition) is 1. The minimum atomic E-state index is -0.835. The number of imide groups is 1. The molecule has 2 aromatic carbocycles. The Kier molecular flexibility index (Phi) is 5.45. The predicted octanol–water partition coefficient (Wildman–Crippen LogP) is 4.37. The van der Waals surface area contributed by atoms with Gasteiger partial charge in [0.1, 0.15) is 12.1 Å². The number of nitrogens with zero attached hydrogens (tertiary/aromatic N) is 2. The van der Waals surface area contributed by atoms with Crippen LogP contribution in [0.15, 0.2) is 59.5 Å². The average molecular weight is 450 g/mol. The molecule has 5 rings (SSSR count). The van der Waals surface area contributed by atoms with Gasteiger partial charge in [0, 0.05) is 10.6 Å². The normalized spacial score (nSPS) is 27.4. The molecule has 1 atom stereocenters. The summed E-state index contributed by atoms with van der Waals surface area (Å²) >= 11 is 1.72. The summed E-state index contributed by atoms with van der Waals surface area (Å²) in [5, 5.41) is 2.92. The Morgan fingerprint density at radius 1 is 1.06 bits per heavy atom. The third-order valence-electron chi connectivity index (χ3n) is 6.95. The summed E-state index contributed by atoms with van der Waals surface area (Å²) in [7, 11) is 0. The number of carbonyl (C=O) groups is 3. The van der Waals surface area contributed by atoms with E-state index < -0.39 is 11.6 Å². The number of carbonyl (C=O) groups excluding carboxylic acids is 3. The Hall–Kier alpha value is -2.80. The van der Waals surface area contributed by atoms with Crippen molar-refractivity contribution in [2.45, 2.75) is 49.1 Å². The fourth-order valence-corrected chi connectivity index (χ4v) is 6.21. The lowest BCUT2D eigenvalue weighted by Gasteiger charge is -2.38. The molecule has 2 heterocycles. The maximum absolute atomic E-state index is 13.7. The lowest BCUT2D eigenvalue weighted by molar-refractivity contribution is -0.135. The molecular formula is C25H27N3O3S. The van der Waals surface area contributed by atoms with E-state index in [0.717, 1.165) is 33.9 Å². The van der Waals surface area contributed by atoms with E-state index in [4.69, 9.17) is 0 Å². The fraction of sp³-hybridized carbons (Fsp3) is 0.400. The lowest BCUT2D eigenvalue weighted by atomic mass is 9.77. The van der Waals surface area contributed by atoms with Crippen LogP contribution < -0.4 is 10.2 Å². The first-order chi connectivity index (χ1) is 15.5. The Morgan fingerprint density at radius 3 is 2.50 bits per heavy atom. The molecule has 1 aliphatic carbocycles. The maximum Gasteiger partial charge on any atom is 0.325 e. The van der Waals surface area contributed by atoms with Gasteiger partial charge in [-0.3, -0.25) is 14.5 Å². The SMILES string of the molecule is CC1CCC2(CC1)NC(=O)N(CC(=O)N1c3ccccc3SC[C@@H]1c1ccccc1)C2=O. The number of fused-ring (bicyclic) bond motifs is 1. The zero-order valence-electron chi connectivity index (χ0n) is 18.1. The van der Waals surface area contributed by atoms with Crippen LogP contribution in [0.4, 0.5) is 10.5 Å². The van der Waals surface area contributed by atoms with E-state index in [1.165, 1.54) is 0 Å². The molecule has 32 heavy (non-hydrogen) atoms. The zero-order chi connectivity index (χ0) is 22.3. The van der Waals surface area contributed by atoms with E-state index in [-0.39, 0.29) is 24.4 Å². The molecule has 0 bridgehead atoms. The number of nitrogens with one attached hydrogen (secondary N) is 1. The molecule has 2 aliphatic heterocycles. The third-order valence-corrected chi connectivity index (χ3v) is 8.09. The summed E-state index contributed by atoms with van der Waals surface area (Å²) < 4.78 is 0. The second-order valence-electron chi connectivity index (χ2n) is 9.06. The molecule has 1 saturated carbocycles. The molecule has 2 fully saturated rings. The number of thioether (sulfide) groups is 1. The van der Waals surface area contributed by atoms with Crippen LogP contribution in [0.3, 0.4) is 0 Å². The Labute approximate surface area is 192 Å². The van der Waals surface area contributed by atoms with Crippen molar-refractivity contribution in [3.63, 3.8) is 0 Å². The molecule has 3 aliphatic rings. The molecule has 1 N–H and O–H groups in total. The van der Waals surface area contributed by atoms with Crippen molar-refractivity contribution in [2.75, 3.05) is 17.2 Å². The van der Waals surface area contributed by atoms with Crippen molar-refractivity contribution in [3.8, 4) is 0 Å². The minimum absolute atomic E-state index is 0.158. The third kappa shape index (κ3) is 3.58. The van der Waals surface area contributed by atoms with Crippen LogP contribution in [0.25, 0.3) is 0 Å². The quantitative estimate of drug-likeness (QED) is 0.707. The van der Waals surface area contributed by atoms with Crippen molar-refractivity contribution >= 4 is 35.3 Å². The Bertz CT molecular complexity index is 1050. The highest BCUT2D eigenvalue weighted by molar-refractivity contribution is 7.99. The predicted molar refractivity (Wildman–Crippen MR) is 124 cm³/mol. The second kappa shape index (κ2) is 8.28. The fourth-order valence-electron chi connectivity index (χ4n) is 5.04. The maximum atomic E-state index is 13.7. The van der Waals surface area contributed by atoms with E-state index in [1.54, 1.807) is 16.7 Å². The Balaban J connectivity index is 1.43. The summed E-state index contributed by atoms with van der Waals surface area (Å²) in [5.74, 6) is 0.777. The Morgan fingerprint density at radius 2 is 1.75 bits per heavy atom. The van der Waals surface area contributed by atoms with Gasteiger partial charge in [0.15, 0.2) is 0 Å². The number of anilines is 1. The number of para-hydroxylation sites is 1. The standard InChI is InChI=1S/C25H27N3O3S/c1-17-11-13-25(14-12-17)23(30)27(24(31)26-25)15-22(29)28-19-9-5-6-10-21(19)32-16-20(28)18-7-3-2-4-8-18/h2-10,17,20H,11-16H2,1H3,(H,26,31)/t17?,20-,25?/m1/s1. The highest BCUT2D eigenvalue weighted by Crippen LogP contribution is 2.43. The monoisotopic (exact) mass is 449 g/mol. The van der Waals surface area contributed by atoms with Gasteiger partial charge < -0.3 is 10.2 Å². The number of hydrogen-bond acceptors (Lipinski definition) is 4. The van der Waals surface area contributed by atoms with Crippen LogP contribution in [0, 0.1) is 5.92 Å². The second-order valence-corrected chi connectivity index (χ2v) is 10.1. The van der Waals surface area contributed by atoms with Crippen molar-refractivity contribution < 1.29 is 14.4 Å². The van der Waals surface area contributed by atoms with Gasteiger partial charge >= 0.3 is 6.03 Å². The van der Waals surface area contributed by atoms with Crippen LogP contribution in [-0.2, 0) is 9.59 Å². The van der Waals surface area contributed by atoms with E-state index >= 15 is 0 Å². The molecule has 2 aromatic rings. The first-order valence-corrected chi connectivity index (χ1v) is 12.2. The summed E-state index contributed by atoms with van der Waals surface area (Å²) in [6, 6.07) is 17.1. The van der Waals surface area contributed by atoms with Crippen LogP contribution in [0.2, 0.25) is 0 Å². The van der Waals surface area contributed by atoms with Gasteiger partial charge in [0.25, 0.3) is 5.91 Å². The number of amides is 4. The molecule has 0 aromatic heterocycles. The molecule has 7 heteroatoms.